The lowest BCUT2D eigenvalue weighted by Gasteiger charge is -2.38. The maximum atomic E-state index is 13.0. The number of imidazole rings is 1. The Kier molecular flexibility index (Phi) is 6.90. The summed E-state index contributed by atoms with van der Waals surface area (Å²) in [5.41, 5.74) is 0. The van der Waals surface area contributed by atoms with Gasteiger partial charge in [-0.1, -0.05) is 12.8 Å². The van der Waals surface area contributed by atoms with E-state index in [-0.39, 0.29) is 22.8 Å². The van der Waals surface area contributed by atoms with Crippen molar-refractivity contribution in [1.82, 2.24) is 23.7 Å². The first kappa shape index (κ1) is 23.2. The van der Waals surface area contributed by atoms with Gasteiger partial charge in [0.2, 0.25) is 11.8 Å². The van der Waals surface area contributed by atoms with E-state index in [9.17, 15) is 18.0 Å². The molecule has 0 unspecified atom stereocenters. The van der Waals surface area contributed by atoms with E-state index in [4.69, 9.17) is 0 Å². The molecule has 0 radical (unpaired) electrons. The fourth-order valence-corrected chi connectivity index (χ4v) is 6.65. The summed E-state index contributed by atoms with van der Waals surface area (Å²) in [5.74, 6) is 1.35. The number of nitrogens with zero attached hydrogens (tertiary/aromatic N) is 5. The van der Waals surface area contributed by atoms with E-state index in [0.29, 0.717) is 70.3 Å². The lowest BCUT2D eigenvalue weighted by atomic mass is 9.96. The molecule has 3 fully saturated rings. The molecule has 4 rings (SSSR count). The molecule has 178 valence electrons. The van der Waals surface area contributed by atoms with Crippen LogP contribution in [-0.2, 0) is 26.7 Å². The van der Waals surface area contributed by atoms with Crippen molar-refractivity contribution < 1.29 is 18.0 Å². The number of carbonyl (C=O) groups is 2. The molecule has 1 aliphatic carbocycles. The normalized spacial score (nSPS) is 21.9. The highest BCUT2D eigenvalue weighted by Crippen LogP contribution is 2.29. The van der Waals surface area contributed by atoms with Crippen molar-refractivity contribution in [2.45, 2.75) is 56.9 Å². The Morgan fingerprint density at radius 1 is 0.969 bits per heavy atom. The number of hydrogen-bond acceptors (Lipinski definition) is 5. The van der Waals surface area contributed by atoms with Crippen LogP contribution in [0.2, 0.25) is 0 Å². The lowest BCUT2D eigenvalue weighted by Crippen LogP contribution is -2.53. The Morgan fingerprint density at radius 3 is 2.12 bits per heavy atom. The van der Waals surface area contributed by atoms with Gasteiger partial charge >= 0.3 is 0 Å². The minimum Gasteiger partial charge on any atom is -0.339 e. The summed E-state index contributed by atoms with van der Waals surface area (Å²) in [6, 6.07) is 0. The first-order chi connectivity index (χ1) is 15.3. The number of amides is 2. The predicted molar refractivity (Wildman–Crippen MR) is 119 cm³/mol. The molecule has 3 aliphatic rings. The summed E-state index contributed by atoms with van der Waals surface area (Å²) >= 11 is 0. The highest BCUT2D eigenvalue weighted by molar-refractivity contribution is 7.89. The highest BCUT2D eigenvalue weighted by atomic mass is 32.2. The van der Waals surface area contributed by atoms with Gasteiger partial charge in [0.1, 0.15) is 5.82 Å². The molecule has 9 nitrogen and oxygen atoms in total. The van der Waals surface area contributed by atoms with Gasteiger partial charge in [0.15, 0.2) is 5.03 Å². The molecule has 0 N–H and O–H groups in total. The van der Waals surface area contributed by atoms with Crippen LogP contribution in [0.3, 0.4) is 0 Å². The first-order valence-electron chi connectivity index (χ1n) is 11.8. The third-order valence-corrected chi connectivity index (χ3v) is 9.15. The Bertz CT molecular complexity index is 918. The first-order valence-corrected chi connectivity index (χ1v) is 13.3. The smallest absolute Gasteiger partial charge is 0.262 e. The van der Waals surface area contributed by atoms with Gasteiger partial charge < -0.3 is 14.4 Å². The van der Waals surface area contributed by atoms with E-state index >= 15 is 0 Å². The summed E-state index contributed by atoms with van der Waals surface area (Å²) in [7, 11) is -1.86. The quantitative estimate of drug-likeness (QED) is 0.655. The number of rotatable bonds is 5. The fourth-order valence-electron chi connectivity index (χ4n) is 5.15. The Balaban J connectivity index is 1.25. The Labute approximate surface area is 190 Å². The van der Waals surface area contributed by atoms with E-state index in [2.05, 4.69) is 4.98 Å². The van der Waals surface area contributed by atoms with Gasteiger partial charge in [-0.15, -0.1) is 0 Å². The molecule has 1 aromatic heterocycles. The minimum absolute atomic E-state index is 0.0701. The van der Waals surface area contributed by atoms with Crippen molar-refractivity contribution >= 4 is 21.8 Å². The van der Waals surface area contributed by atoms with Crippen LogP contribution in [0.4, 0.5) is 0 Å². The highest BCUT2D eigenvalue weighted by Gasteiger charge is 2.36. The van der Waals surface area contributed by atoms with Crippen LogP contribution >= 0.6 is 0 Å². The number of sulfonamides is 1. The molecule has 0 atom stereocenters. The van der Waals surface area contributed by atoms with Crippen molar-refractivity contribution in [3.8, 4) is 0 Å². The van der Waals surface area contributed by atoms with Gasteiger partial charge in [-0.2, -0.15) is 4.31 Å². The minimum atomic E-state index is -3.63. The summed E-state index contributed by atoms with van der Waals surface area (Å²) in [6.45, 7) is 4.77. The second-order valence-corrected chi connectivity index (χ2v) is 11.4. The molecule has 3 heterocycles. The third-order valence-electron chi connectivity index (χ3n) is 7.38. The third kappa shape index (κ3) is 4.85. The molecule has 0 aromatic carbocycles. The molecule has 2 saturated heterocycles. The number of carbonyl (C=O) groups excluding carboxylic acids is 2. The molecule has 10 heteroatoms. The number of aryl methyl sites for hydroxylation is 2. The molecule has 0 bridgehead atoms. The molecule has 2 amide bonds. The lowest BCUT2D eigenvalue weighted by molar-refractivity contribution is -0.143. The van der Waals surface area contributed by atoms with Crippen LogP contribution in [0.25, 0.3) is 0 Å². The van der Waals surface area contributed by atoms with E-state index in [1.165, 1.54) is 36.2 Å². The van der Waals surface area contributed by atoms with Gasteiger partial charge in [-0.05, 0) is 38.5 Å². The van der Waals surface area contributed by atoms with Crippen molar-refractivity contribution in [1.29, 1.82) is 0 Å². The molecule has 1 aromatic rings. The van der Waals surface area contributed by atoms with Gasteiger partial charge in [0.05, 0.1) is 0 Å². The number of piperidine rings is 1. The van der Waals surface area contributed by atoms with Crippen LogP contribution < -0.4 is 0 Å². The molecule has 0 spiro atoms. The largest absolute Gasteiger partial charge is 0.339 e. The van der Waals surface area contributed by atoms with Gasteiger partial charge in [0, 0.05) is 64.9 Å². The fraction of sp³-hybridized carbons (Fsp3) is 0.773. The SMILES string of the molecule is Cc1nc(S(=O)(=O)N2CCC(C(=O)N3CCN(C(=O)CC4CCCC4)CC3)CC2)cn1C. The van der Waals surface area contributed by atoms with E-state index < -0.39 is 10.0 Å². The second-order valence-electron chi connectivity index (χ2n) is 9.48. The number of hydrogen-bond donors (Lipinski definition) is 0. The zero-order chi connectivity index (χ0) is 22.9. The topological polar surface area (TPSA) is 95.8 Å². The summed E-state index contributed by atoms with van der Waals surface area (Å²) in [6.07, 6.45) is 8.03. The van der Waals surface area contributed by atoms with Crippen LogP contribution in [0.5, 0.6) is 0 Å². The van der Waals surface area contributed by atoms with Crippen molar-refractivity contribution in [3.63, 3.8) is 0 Å². The average molecular weight is 466 g/mol. The van der Waals surface area contributed by atoms with Crippen molar-refractivity contribution in [2.75, 3.05) is 39.3 Å². The standard InChI is InChI=1S/C22H35N5O4S/c1-17-23-20(16-24(17)2)32(30,31)27-9-7-19(8-10-27)22(29)26-13-11-25(12-14-26)21(28)15-18-5-3-4-6-18/h16,18-19H,3-15H2,1-2H3. The van der Waals surface area contributed by atoms with Crippen LogP contribution in [-0.4, -0.2) is 83.2 Å². The van der Waals surface area contributed by atoms with Gasteiger partial charge in [-0.3, -0.25) is 9.59 Å². The molecule has 2 aliphatic heterocycles. The maximum Gasteiger partial charge on any atom is 0.262 e. The van der Waals surface area contributed by atoms with Crippen LogP contribution in [0, 0.1) is 18.8 Å². The second kappa shape index (κ2) is 9.51. The molecular formula is C22H35N5O4S. The number of piperazine rings is 1. The zero-order valence-corrected chi connectivity index (χ0v) is 20.0. The zero-order valence-electron chi connectivity index (χ0n) is 19.2. The van der Waals surface area contributed by atoms with Gasteiger partial charge in [0.25, 0.3) is 10.0 Å². The van der Waals surface area contributed by atoms with E-state index in [1.807, 2.05) is 9.80 Å². The summed E-state index contributed by atoms with van der Waals surface area (Å²) in [4.78, 5) is 33.5. The Hall–Kier alpha value is -1.94. The Morgan fingerprint density at radius 2 is 1.56 bits per heavy atom. The summed E-state index contributed by atoms with van der Waals surface area (Å²) in [5, 5.41) is 0.0701. The molecular weight excluding hydrogens is 430 g/mol. The molecule has 32 heavy (non-hydrogen) atoms. The van der Waals surface area contributed by atoms with Crippen LogP contribution in [0.15, 0.2) is 11.2 Å². The van der Waals surface area contributed by atoms with Crippen molar-refractivity contribution in [3.05, 3.63) is 12.0 Å². The maximum absolute atomic E-state index is 13.0. The molecule has 1 saturated carbocycles. The van der Waals surface area contributed by atoms with E-state index in [0.717, 1.165) is 0 Å². The van der Waals surface area contributed by atoms with Crippen LogP contribution in [0.1, 0.15) is 50.8 Å². The summed E-state index contributed by atoms with van der Waals surface area (Å²) < 4.78 is 28.9. The predicted octanol–water partition coefficient (Wildman–Crippen LogP) is 1.38. The monoisotopic (exact) mass is 465 g/mol. The van der Waals surface area contributed by atoms with E-state index in [1.54, 1.807) is 18.5 Å². The van der Waals surface area contributed by atoms with Gasteiger partial charge in [-0.25, -0.2) is 13.4 Å². The van der Waals surface area contributed by atoms with Crippen molar-refractivity contribution in [2.24, 2.45) is 18.9 Å². The average Bonchev–Trinajstić information content (AvgIpc) is 3.43. The number of aromatic nitrogens is 2.